The van der Waals surface area contributed by atoms with Gasteiger partial charge in [-0.1, -0.05) is 5.92 Å². The Morgan fingerprint density at radius 1 is 1.50 bits per heavy atom. The molecule has 0 aliphatic heterocycles. The van der Waals surface area contributed by atoms with Gasteiger partial charge in [-0.15, -0.1) is 6.42 Å². The van der Waals surface area contributed by atoms with E-state index >= 15 is 0 Å². The first kappa shape index (κ1) is 10.3. The molecule has 1 atom stereocenters. The molecule has 0 aliphatic rings. The van der Waals surface area contributed by atoms with Crippen molar-refractivity contribution in [1.29, 1.82) is 0 Å². The average Bonchev–Trinajstić information content (AvgIpc) is 2.17. The van der Waals surface area contributed by atoms with Crippen LogP contribution in [0.5, 0.6) is 0 Å². The average molecular weight is 189 g/mol. The standard InChI is InChI=1S/C11H11NO2/c1-3-9-4-6-10(7-5-9)11(14)12-8(2)13/h1,4-8,13H,2H3,(H,12,14). The normalized spacial score (nSPS) is 11.5. The first-order chi connectivity index (χ1) is 6.63. The third kappa shape index (κ3) is 2.61. The number of aliphatic hydroxyl groups excluding tert-OH is 1. The number of terminal acetylenes is 1. The van der Waals surface area contributed by atoms with E-state index in [1.54, 1.807) is 24.3 Å². The Morgan fingerprint density at radius 3 is 2.50 bits per heavy atom. The molecule has 14 heavy (non-hydrogen) atoms. The summed E-state index contributed by atoms with van der Waals surface area (Å²) in [6.45, 7) is 1.48. The summed E-state index contributed by atoms with van der Waals surface area (Å²) in [5.41, 5.74) is 1.20. The van der Waals surface area contributed by atoms with Gasteiger partial charge in [0.25, 0.3) is 5.91 Å². The number of aliphatic hydroxyl groups is 1. The van der Waals surface area contributed by atoms with Gasteiger partial charge < -0.3 is 10.4 Å². The van der Waals surface area contributed by atoms with E-state index in [4.69, 9.17) is 11.5 Å². The van der Waals surface area contributed by atoms with Crippen LogP contribution >= 0.6 is 0 Å². The number of amides is 1. The van der Waals surface area contributed by atoms with Gasteiger partial charge in [0.05, 0.1) is 0 Å². The van der Waals surface area contributed by atoms with Crippen LogP contribution in [-0.4, -0.2) is 17.2 Å². The van der Waals surface area contributed by atoms with Crippen LogP contribution in [0.1, 0.15) is 22.8 Å². The van der Waals surface area contributed by atoms with Gasteiger partial charge in [0.2, 0.25) is 0 Å². The van der Waals surface area contributed by atoms with Gasteiger partial charge in [-0.25, -0.2) is 0 Å². The van der Waals surface area contributed by atoms with Gasteiger partial charge in [-0.2, -0.15) is 0 Å². The highest BCUT2D eigenvalue weighted by Gasteiger charge is 2.06. The lowest BCUT2D eigenvalue weighted by Crippen LogP contribution is -2.31. The third-order valence-electron chi connectivity index (χ3n) is 1.65. The third-order valence-corrected chi connectivity index (χ3v) is 1.65. The molecular formula is C11H11NO2. The Hall–Kier alpha value is -1.79. The second-order valence-electron chi connectivity index (χ2n) is 2.87. The highest BCUT2D eigenvalue weighted by Crippen LogP contribution is 2.03. The number of rotatable bonds is 2. The number of hydrogen-bond donors (Lipinski definition) is 2. The first-order valence-corrected chi connectivity index (χ1v) is 4.19. The van der Waals surface area contributed by atoms with Gasteiger partial charge in [0.1, 0.15) is 6.23 Å². The second-order valence-corrected chi connectivity index (χ2v) is 2.87. The van der Waals surface area contributed by atoms with E-state index in [2.05, 4.69) is 11.2 Å². The summed E-state index contributed by atoms with van der Waals surface area (Å²) in [4.78, 5) is 11.3. The van der Waals surface area contributed by atoms with Crippen LogP contribution in [0.15, 0.2) is 24.3 Å². The van der Waals surface area contributed by atoms with Crippen LogP contribution in [-0.2, 0) is 0 Å². The van der Waals surface area contributed by atoms with Crippen molar-refractivity contribution in [3.8, 4) is 12.3 Å². The summed E-state index contributed by atoms with van der Waals surface area (Å²) < 4.78 is 0. The quantitative estimate of drug-likeness (QED) is 0.532. The van der Waals surface area contributed by atoms with Crippen molar-refractivity contribution < 1.29 is 9.90 Å². The van der Waals surface area contributed by atoms with Crippen molar-refractivity contribution in [2.24, 2.45) is 0 Å². The Labute approximate surface area is 82.8 Å². The van der Waals surface area contributed by atoms with Crippen molar-refractivity contribution in [3.05, 3.63) is 35.4 Å². The monoisotopic (exact) mass is 189 g/mol. The van der Waals surface area contributed by atoms with Crippen molar-refractivity contribution in [3.63, 3.8) is 0 Å². The molecule has 1 aromatic rings. The molecule has 0 radical (unpaired) electrons. The maximum Gasteiger partial charge on any atom is 0.253 e. The zero-order valence-corrected chi connectivity index (χ0v) is 7.82. The summed E-state index contributed by atoms with van der Waals surface area (Å²) in [5.74, 6) is 2.14. The van der Waals surface area contributed by atoms with Crippen LogP contribution in [0.25, 0.3) is 0 Å². The molecule has 0 bridgehead atoms. The molecule has 0 saturated heterocycles. The molecule has 1 unspecified atom stereocenters. The van der Waals surface area contributed by atoms with Gasteiger partial charge in [-0.05, 0) is 31.2 Å². The maximum absolute atomic E-state index is 11.3. The van der Waals surface area contributed by atoms with Crippen molar-refractivity contribution in [2.45, 2.75) is 13.2 Å². The lowest BCUT2D eigenvalue weighted by Gasteiger charge is -2.06. The number of carbonyl (C=O) groups excluding carboxylic acids is 1. The highest BCUT2D eigenvalue weighted by atomic mass is 16.3. The Morgan fingerprint density at radius 2 is 2.07 bits per heavy atom. The summed E-state index contributed by atoms with van der Waals surface area (Å²) in [7, 11) is 0. The molecule has 0 fully saturated rings. The topological polar surface area (TPSA) is 49.3 Å². The Kier molecular flexibility index (Phi) is 3.27. The summed E-state index contributed by atoms with van der Waals surface area (Å²) in [5, 5.41) is 11.3. The van der Waals surface area contributed by atoms with Crippen LogP contribution in [0.2, 0.25) is 0 Å². The van der Waals surface area contributed by atoms with E-state index < -0.39 is 6.23 Å². The molecule has 2 N–H and O–H groups in total. The van der Waals surface area contributed by atoms with E-state index in [1.807, 2.05) is 0 Å². The van der Waals surface area contributed by atoms with Gasteiger partial charge >= 0.3 is 0 Å². The zero-order chi connectivity index (χ0) is 10.6. The van der Waals surface area contributed by atoms with E-state index in [9.17, 15) is 4.79 Å². The summed E-state index contributed by atoms with van der Waals surface area (Å²) >= 11 is 0. The van der Waals surface area contributed by atoms with Gasteiger partial charge in [0.15, 0.2) is 0 Å². The minimum absolute atomic E-state index is 0.316. The minimum atomic E-state index is -0.852. The molecule has 0 spiro atoms. The van der Waals surface area contributed by atoms with Gasteiger partial charge in [0, 0.05) is 11.1 Å². The minimum Gasteiger partial charge on any atom is -0.374 e. The van der Waals surface area contributed by atoms with Crippen LogP contribution < -0.4 is 5.32 Å². The van der Waals surface area contributed by atoms with E-state index in [-0.39, 0.29) is 5.91 Å². The fraction of sp³-hybridized carbons (Fsp3) is 0.182. The SMILES string of the molecule is C#Cc1ccc(C(=O)NC(C)O)cc1. The van der Waals surface area contributed by atoms with Crippen LogP contribution in [0.3, 0.4) is 0 Å². The number of carbonyl (C=O) groups is 1. The first-order valence-electron chi connectivity index (χ1n) is 4.19. The van der Waals surface area contributed by atoms with Crippen molar-refractivity contribution >= 4 is 5.91 Å². The van der Waals surface area contributed by atoms with E-state index in [0.717, 1.165) is 5.56 Å². The van der Waals surface area contributed by atoms with E-state index in [0.29, 0.717) is 5.56 Å². The molecule has 3 heteroatoms. The Bertz CT molecular complexity index is 360. The van der Waals surface area contributed by atoms with Gasteiger partial charge in [-0.3, -0.25) is 4.79 Å². The molecule has 0 heterocycles. The summed E-state index contributed by atoms with van der Waals surface area (Å²) in [6.07, 6.45) is 4.31. The molecule has 1 rings (SSSR count). The lowest BCUT2D eigenvalue weighted by molar-refractivity contribution is 0.0819. The number of hydrogen-bond acceptors (Lipinski definition) is 2. The molecular weight excluding hydrogens is 178 g/mol. The predicted octanol–water partition coefficient (Wildman–Crippen LogP) is 0.736. The predicted molar refractivity (Wildman–Crippen MR) is 53.5 cm³/mol. The second kappa shape index (κ2) is 4.45. The van der Waals surface area contributed by atoms with Crippen LogP contribution in [0.4, 0.5) is 0 Å². The molecule has 1 amide bonds. The van der Waals surface area contributed by atoms with Crippen molar-refractivity contribution in [2.75, 3.05) is 0 Å². The molecule has 1 aromatic carbocycles. The number of nitrogens with one attached hydrogen (secondary N) is 1. The van der Waals surface area contributed by atoms with E-state index in [1.165, 1.54) is 6.92 Å². The molecule has 0 saturated carbocycles. The Balaban J connectivity index is 2.78. The van der Waals surface area contributed by atoms with Crippen LogP contribution in [0, 0.1) is 12.3 Å². The largest absolute Gasteiger partial charge is 0.374 e. The smallest absolute Gasteiger partial charge is 0.253 e. The van der Waals surface area contributed by atoms with Crippen molar-refractivity contribution in [1.82, 2.24) is 5.32 Å². The lowest BCUT2D eigenvalue weighted by atomic mass is 10.1. The fourth-order valence-electron chi connectivity index (χ4n) is 0.991. The fourth-order valence-corrected chi connectivity index (χ4v) is 0.991. The zero-order valence-electron chi connectivity index (χ0n) is 7.82. The molecule has 72 valence electrons. The number of benzene rings is 1. The summed E-state index contributed by atoms with van der Waals surface area (Å²) in [6, 6.07) is 6.59. The maximum atomic E-state index is 11.3. The highest BCUT2D eigenvalue weighted by molar-refractivity contribution is 5.94. The molecule has 0 aromatic heterocycles. The molecule has 0 aliphatic carbocycles. The molecule has 3 nitrogen and oxygen atoms in total.